The van der Waals surface area contributed by atoms with E-state index in [1.165, 1.54) is 0 Å². The van der Waals surface area contributed by atoms with Crippen molar-refractivity contribution >= 4 is 30.0 Å². The summed E-state index contributed by atoms with van der Waals surface area (Å²) in [4.78, 5) is 11.1. The normalized spacial score (nSPS) is 9.64. The SMILES string of the molecule is O=C(CS)c1ccccc1Cl. The fraction of sp³-hybridized carbons (Fsp3) is 0.125. The number of ketones is 1. The van der Waals surface area contributed by atoms with Crippen LogP contribution in [0, 0.1) is 0 Å². The minimum Gasteiger partial charge on any atom is -0.293 e. The Morgan fingerprint density at radius 3 is 2.64 bits per heavy atom. The quantitative estimate of drug-likeness (QED) is 0.555. The van der Waals surface area contributed by atoms with Gasteiger partial charge in [-0.05, 0) is 12.1 Å². The van der Waals surface area contributed by atoms with Crippen LogP contribution in [0.5, 0.6) is 0 Å². The lowest BCUT2D eigenvalue weighted by atomic mass is 10.1. The molecule has 0 bridgehead atoms. The number of hydrogen-bond donors (Lipinski definition) is 1. The summed E-state index contributed by atoms with van der Waals surface area (Å²) < 4.78 is 0. The smallest absolute Gasteiger partial charge is 0.173 e. The number of hydrogen-bond acceptors (Lipinski definition) is 2. The van der Waals surface area contributed by atoms with E-state index < -0.39 is 0 Å². The Morgan fingerprint density at radius 2 is 2.09 bits per heavy atom. The second kappa shape index (κ2) is 3.79. The summed E-state index contributed by atoms with van der Waals surface area (Å²) in [7, 11) is 0. The molecule has 0 amide bonds. The second-order valence-electron chi connectivity index (χ2n) is 2.06. The van der Waals surface area contributed by atoms with Crippen molar-refractivity contribution in [2.75, 3.05) is 5.75 Å². The van der Waals surface area contributed by atoms with Gasteiger partial charge in [0.15, 0.2) is 5.78 Å². The van der Waals surface area contributed by atoms with Crippen LogP contribution in [0.4, 0.5) is 0 Å². The molecule has 0 radical (unpaired) electrons. The van der Waals surface area contributed by atoms with E-state index in [9.17, 15) is 4.79 Å². The number of Topliss-reactive ketones (excluding diaryl/α,β-unsaturated/α-hetero) is 1. The van der Waals surface area contributed by atoms with Gasteiger partial charge >= 0.3 is 0 Å². The largest absolute Gasteiger partial charge is 0.293 e. The van der Waals surface area contributed by atoms with Crippen LogP contribution in [0.25, 0.3) is 0 Å². The van der Waals surface area contributed by atoms with E-state index in [1.807, 2.05) is 0 Å². The molecule has 0 spiro atoms. The molecule has 0 N–H and O–H groups in total. The summed E-state index contributed by atoms with van der Waals surface area (Å²) in [6, 6.07) is 6.96. The Morgan fingerprint density at radius 1 is 1.45 bits per heavy atom. The van der Waals surface area contributed by atoms with Crippen LogP contribution in [-0.4, -0.2) is 11.5 Å². The highest BCUT2D eigenvalue weighted by molar-refractivity contribution is 7.81. The zero-order valence-corrected chi connectivity index (χ0v) is 7.40. The highest BCUT2D eigenvalue weighted by atomic mass is 35.5. The van der Waals surface area contributed by atoms with E-state index in [1.54, 1.807) is 24.3 Å². The van der Waals surface area contributed by atoms with Gasteiger partial charge in [0.2, 0.25) is 0 Å². The van der Waals surface area contributed by atoms with Gasteiger partial charge in [-0.1, -0.05) is 23.7 Å². The van der Waals surface area contributed by atoms with Gasteiger partial charge in [-0.3, -0.25) is 4.79 Å². The number of carbonyl (C=O) groups excluding carboxylic acids is 1. The van der Waals surface area contributed by atoms with Crippen molar-refractivity contribution in [2.24, 2.45) is 0 Å². The molecule has 0 aliphatic rings. The first kappa shape index (κ1) is 8.62. The van der Waals surface area contributed by atoms with Gasteiger partial charge in [-0.25, -0.2) is 0 Å². The van der Waals surface area contributed by atoms with E-state index in [2.05, 4.69) is 12.6 Å². The maximum Gasteiger partial charge on any atom is 0.173 e. The molecule has 0 aliphatic carbocycles. The fourth-order valence-corrected chi connectivity index (χ4v) is 1.18. The predicted molar refractivity (Wildman–Crippen MR) is 49.6 cm³/mol. The van der Waals surface area contributed by atoms with Gasteiger partial charge in [-0.15, -0.1) is 0 Å². The third-order valence-electron chi connectivity index (χ3n) is 1.32. The van der Waals surface area contributed by atoms with Gasteiger partial charge in [-0.2, -0.15) is 12.6 Å². The van der Waals surface area contributed by atoms with Crippen molar-refractivity contribution in [1.82, 2.24) is 0 Å². The Kier molecular flexibility index (Phi) is 2.97. The monoisotopic (exact) mass is 186 g/mol. The van der Waals surface area contributed by atoms with Crippen LogP contribution in [0.15, 0.2) is 24.3 Å². The van der Waals surface area contributed by atoms with Crippen LogP contribution in [0.2, 0.25) is 5.02 Å². The first-order valence-electron chi connectivity index (χ1n) is 3.14. The molecule has 58 valence electrons. The molecule has 11 heavy (non-hydrogen) atoms. The number of benzene rings is 1. The highest BCUT2D eigenvalue weighted by Crippen LogP contribution is 2.15. The van der Waals surface area contributed by atoms with Crippen molar-refractivity contribution in [1.29, 1.82) is 0 Å². The molecular weight excluding hydrogens is 180 g/mol. The molecule has 3 heteroatoms. The van der Waals surface area contributed by atoms with Crippen molar-refractivity contribution in [3.05, 3.63) is 34.9 Å². The van der Waals surface area contributed by atoms with Crippen LogP contribution < -0.4 is 0 Å². The first-order chi connectivity index (χ1) is 5.25. The second-order valence-corrected chi connectivity index (χ2v) is 2.78. The van der Waals surface area contributed by atoms with Gasteiger partial charge in [0.1, 0.15) is 0 Å². The number of rotatable bonds is 2. The Labute approximate surface area is 75.8 Å². The maximum absolute atomic E-state index is 11.1. The summed E-state index contributed by atoms with van der Waals surface area (Å²) in [5, 5.41) is 0.492. The number of thiol groups is 1. The van der Waals surface area contributed by atoms with E-state index in [0.717, 1.165) is 0 Å². The standard InChI is InChI=1S/C8H7ClOS/c9-7-4-2-1-3-6(7)8(10)5-11/h1-4,11H,5H2. The molecule has 0 heterocycles. The highest BCUT2D eigenvalue weighted by Gasteiger charge is 2.05. The topological polar surface area (TPSA) is 17.1 Å². The summed E-state index contributed by atoms with van der Waals surface area (Å²) >= 11 is 9.61. The van der Waals surface area contributed by atoms with Gasteiger partial charge < -0.3 is 0 Å². The zero-order valence-electron chi connectivity index (χ0n) is 5.75. The molecule has 1 aromatic carbocycles. The van der Waals surface area contributed by atoms with Gasteiger partial charge in [0.05, 0.1) is 10.8 Å². The van der Waals surface area contributed by atoms with Crippen molar-refractivity contribution in [3.8, 4) is 0 Å². The van der Waals surface area contributed by atoms with Crippen molar-refractivity contribution in [3.63, 3.8) is 0 Å². The maximum atomic E-state index is 11.1. The van der Waals surface area contributed by atoms with Gasteiger partial charge in [0, 0.05) is 5.56 Å². The third kappa shape index (κ3) is 1.98. The van der Waals surface area contributed by atoms with Crippen LogP contribution >= 0.6 is 24.2 Å². The molecule has 1 rings (SSSR count). The van der Waals surface area contributed by atoms with E-state index >= 15 is 0 Å². The summed E-state index contributed by atoms with van der Waals surface area (Å²) in [6.45, 7) is 0. The first-order valence-corrected chi connectivity index (χ1v) is 4.15. The van der Waals surface area contributed by atoms with Crippen molar-refractivity contribution in [2.45, 2.75) is 0 Å². The average molecular weight is 187 g/mol. The van der Waals surface area contributed by atoms with E-state index in [-0.39, 0.29) is 11.5 Å². The number of carbonyl (C=O) groups is 1. The molecule has 0 fully saturated rings. The Bertz CT molecular complexity index is 273. The Hall–Kier alpha value is -0.470. The minimum absolute atomic E-state index is 0.0427. The van der Waals surface area contributed by atoms with E-state index in [0.29, 0.717) is 10.6 Å². The van der Waals surface area contributed by atoms with Crippen LogP contribution in [0.1, 0.15) is 10.4 Å². The molecule has 0 saturated carbocycles. The molecule has 0 atom stereocenters. The predicted octanol–water partition coefficient (Wildman–Crippen LogP) is 2.45. The average Bonchev–Trinajstić information content (AvgIpc) is 2.04. The lowest BCUT2D eigenvalue weighted by Crippen LogP contribution is -2.00. The summed E-state index contributed by atoms with van der Waals surface area (Å²) in [5.41, 5.74) is 0.546. The molecule has 0 aliphatic heterocycles. The van der Waals surface area contributed by atoms with Crippen LogP contribution in [0.3, 0.4) is 0 Å². The number of halogens is 1. The molecule has 1 aromatic rings. The summed E-state index contributed by atoms with van der Waals surface area (Å²) in [5.74, 6) is 0.155. The molecule has 1 nitrogen and oxygen atoms in total. The van der Waals surface area contributed by atoms with E-state index in [4.69, 9.17) is 11.6 Å². The Balaban J connectivity index is 3.03. The molecule has 0 aromatic heterocycles. The lowest BCUT2D eigenvalue weighted by molar-refractivity contribution is 0.102. The minimum atomic E-state index is -0.0427. The fourth-order valence-electron chi connectivity index (χ4n) is 0.773. The zero-order chi connectivity index (χ0) is 8.27. The molecule has 0 saturated heterocycles. The molecule has 0 unspecified atom stereocenters. The lowest BCUT2D eigenvalue weighted by Gasteiger charge is -1.98. The van der Waals surface area contributed by atoms with Gasteiger partial charge in [0.25, 0.3) is 0 Å². The third-order valence-corrected chi connectivity index (χ3v) is 1.93. The summed E-state index contributed by atoms with van der Waals surface area (Å²) in [6.07, 6.45) is 0. The van der Waals surface area contributed by atoms with Crippen LogP contribution in [-0.2, 0) is 0 Å². The van der Waals surface area contributed by atoms with Crippen molar-refractivity contribution < 1.29 is 4.79 Å². The molecular formula is C8H7ClOS.